The van der Waals surface area contributed by atoms with Crippen LogP contribution in [0.4, 0.5) is 0 Å². The van der Waals surface area contributed by atoms with Crippen LogP contribution < -0.4 is 0 Å². The second kappa shape index (κ2) is 6.56. The van der Waals surface area contributed by atoms with Gasteiger partial charge in [0.05, 0.1) is 12.6 Å². The molecule has 0 aliphatic carbocycles. The first-order valence-electron chi connectivity index (χ1n) is 7.08. The van der Waals surface area contributed by atoms with Gasteiger partial charge >= 0.3 is 0 Å². The van der Waals surface area contributed by atoms with Gasteiger partial charge in [0.15, 0.2) is 0 Å². The minimum Gasteiger partial charge on any atom is -0.380 e. The van der Waals surface area contributed by atoms with E-state index in [1.165, 1.54) is 0 Å². The van der Waals surface area contributed by atoms with E-state index in [2.05, 4.69) is 15.0 Å². The number of halogens is 1. The van der Waals surface area contributed by atoms with E-state index >= 15 is 0 Å². The van der Waals surface area contributed by atoms with Gasteiger partial charge < -0.3 is 9.26 Å². The summed E-state index contributed by atoms with van der Waals surface area (Å²) in [6.07, 6.45) is 2.56. The molecule has 2 heterocycles. The van der Waals surface area contributed by atoms with Crippen molar-refractivity contribution in [1.29, 1.82) is 0 Å². The first kappa shape index (κ1) is 14.5. The van der Waals surface area contributed by atoms with Crippen LogP contribution in [0.2, 0.25) is 5.02 Å². The van der Waals surface area contributed by atoms with Crippen LogP contribution in [-0.4, -0.2) is 41.3 Å². The van der Waals surface area contributed by atoms with Gasteiger partial charge in [-0.15, -0.1) is 0 Å². The fourth-order valence-corrected chi connectivity index (χ4v) is 2.70. The van der Waals surface area contributed by atoms with E-state index in [4.69, 9.17) is 20.9 Å². The van der Waals surface area contributed by atoms with Gasteiger partial charge in [0.25, 0.3) is 0 Å². The van der Waals surface area contributed by atoms with Crippen LogP contribution in [-0.2, 0) is 11.3 Å². The monoisotopic (exact) mass is 307 g/mol. The SMILES string of the molecule is CO[C@H]1CCCN(Cc2nc(-c3ccc(Cl)cc3)no2)C1. The van der Waals surface area contributed by atoms with Crippen LogP contribution in [0.5, 0.6) is 0 Å². The molecule has 2 aromatic rings. The number of aromatic nitrogens is 2. The molecule has 5 nitrogen and oxygen atoms in total. The maximum Gasteiger partial charge on any atom is 0.241 e. The molecule has 0 N–H and O–H groups in total. The summed E-state index contributed by atoms with van der Waals surface area (Å²) in [6, 6.07) is 7.42. The Morgan fingerprint density at radius 2 is 2.19 bits per heavy atom. The zero-order chi connectivity index (χ0) is 14.7. The van der Waals surface area contributed by atoms with E-state index in [-0.39, 0.29) is 0 Å². The molecule has 1 aliphatic heterocycles. The molecule has 6 heteroatoms. The predicted octanol–water partition coefficient (Wildman–Crippen LogP) is 3.00. The van der Waals surface area contributed by atoms with Gasteiger partial charge in [-0.05, 0) is 43.7 Å². The summed E-state index contributed by atoms with van der Waals surface area (Å²) in [6.45, 7) is 2.62. The van der Waals surface area contributed by atoms with Crippen LogP contribution in [0.25, 0.3) is 11.4 Å². The van der Waals surface area contributed by atoms with E-state index in [1.54, 1.807) is 7.11 Å². The van der Waals surface area contributed by atoms with Crippen LogP contribution in [0.1, 0.15) is 18.7 Å². The third kappa shape index (κ3) is 3.61. The minimum atomic E-state index is 0.303. The fourth-order valence-electron chi connectivity index (χ4n) is 2.58. The van der Waals surface area contributed by atoms with E-state index in [0.29, 0.717) is 29.4 Å². The number of piperidine rings is 1. The molecular weight excluding hydrogens is 290 g/mol. The van der Waals surface area contributed by atoms with Crippen molar-refractivity contribution in [3.63, 3.8) is 0 Å². The molecule has 0 unspecified atom stereocenters. The molecule has 0 amide bonds. The van der Waals surface area contributed by atoms with Gasteiger partial charge in [-0.2, -0.15) is 4.98 Å². The number of ether oxygens (including phenoxy) is 1. The minimum absolute atomic E-state index is 0.303. The standard InChI is InChI=1S/C15H18ClN3O2/c1-20-13-3-2-8-19(9-13)10-14-17-15(18-21-14)11-4-6-12(16)7-5-11/h4-7,13H,2-3,8-10H2,1H3/t13-/m0/s1. The van der Waals surface area contributed by atoms with E-state index < -0.39 is 0 Å². The third-order valence-corrected chi connectivity index (χ3v) is 3.98. The van der Waals surface area contributed by atoms with Crippen molar-refractivity contribution in [2.45, 2.75) is 25.5 Å². The van der Waals surface area contributed by atoms with E-state index in [9.17, 15) is 0 Å². The van der Waals surface area contributed by atoms with Crippen molar-refractivity contribution in [3.8, 4) is 11.4 Å². The molecule has 1 aromatic carbocycles. The molecule has 1 aliphatic rings. The molecule has 1 aromatic heterocycles. The smallest absolute Gasteiger partial charge is 0.241 e. The molecular formula is C15H18ClN3O2. The Bertz CT molecular complexity index is 585. The Labute approximate surface area is 128 Å². The van der Waals surface area contributed by atoms with Crippen molar-refractivity contribution < 1.29 is 9.26 Å². The highest BCUT2D eigenvalue weighted by Crippen LogP contribution is 2.20. The largest absolute Gasteiger partial charge is 0.380 e. The van der Waals surface area contributed by atoms with Gasteiger partial charge in [-0.25, -0.2) is 0 Å². The molecule has 0 bridgehead atoms. The van der Waals surface area contributed by atoms with Gasteiger partial charge in [0.1, 0.15) is 0 Å². The number of hydrogen-bond acceptors (Lipinski definition) is 5. The third-order valence-electron chi connectivity index (χ3n) is 3.72. The Hall–Kier alpha value is -1.43. The van der Waals surface area contributed by atoms with E-state index in [0.717, 1.165) is 31.5 Å². The number of likely N-dealkylation sites (tertiary alicyclic amines) is 1. The number of benzene rings is 1. The summed E-state index contributed by atoms with van der Waals surface area (Å²) >= 11 is 5.88. The van der Waals surface area contributed by atoms with E-state index in [1.807, 2.05) is 24.3 Å². The highest BCUT2D eigenvalue weighted by molar-refractivity contribution is 6.30. The summed E-state index contributed by atoms with van der Waals surface area (Å²) in [5.74, 6) is 1.23. The predicted molar refractivity (Wildman–Crippen MR) is 80.1 cm³/mol. The van der Waals surface area contributed by atoms with Crippen LogP contribution in [0.3, 0.4) is 0 Å². The lowest BCUT2D eigenvalue weighted by Crippen LogP contribution is -2.38. The molecule has 3 rings (SSSR count). The first-order chi connectivity index (χ1) is 10.2. The number of hydrogen-bond donors (Lipinski definition) is 0. The Morgan fingerprint density at radius 1 is 1.38 bits per heavy atom. The van der Waals surface area contributed by atoms with Crippen molar-refractivity contribution in [2.75, 3.05) is 20.2 Å². The summed E-state index contributed by atoms with van der Waals surface area (Å²) in [5.41, 5.74) is 0.905. The van der Waals surface area contributed by atoms with Crippen molar-refractivity contribution >= 4 is 11.6 Å². The molecule has 1 saturated heterocycles. The van der Waals surface area contributed by atoms with Gasteiger partial charge in [-0.1, -0.05) is 16.8 Å². The number of rotatable bonds is 4. The number of nitrogens with zero attached hydrogens (tertiary/aromatic N) is 3. The Kier molecular flexibility index (Phi) is 4.53. The quantitative estimate of drug-likeness (QED) is 0.869. The average Bonchev–Trinajstić information content (AvgIpc) is 2.96. The summed E-state index contributed by atoms with van der Waals surface area (Å²) in [5, 5.41) is 4.73. The van der Waals surface area contributed by atoms with Crippen LogP contribution >= 0.6 is 11.6 Å². The highest BCUT2D eigenvalue weighted by atomic mass is 35.5. The molecule has 112 valence electrons. The fraction of sp³-hybridized carbons (Fsp3) is 0.467. The van der Waals surface area contributed by atoms with Crippen molar-refractivity contribution in [3.05, 3.63) is 35.2 Å². The molecule has 21 heavy (non-hydrogen) atoms. The van der Waals surface area contributed by atoms with Crippen LogP contribution in [0.15, 0.2) is 28.8 Å². The van der Waals surface area contributed by atoms with Crippen molar-refractivity contribution in [1.82, 2.24) is 15.0 Å². The lowest BCUT2D eigenvalue weighted by molar-refractivity contribution is 0.0251. The number of methoxy groups -OCH3 is 1. The molecule has 0 spiro atoms. The summed E-state index contributed by atoms with van der Waals surface area (Å²) in [4.78, 5) is 6.74. The maximum absolute atomic E-state index is 5.88. The Balaban J connectivity index is 1.66. The first-order valence-corrected chi connectivity index (χ1v) is 7.46. The average molecular weight is 308 g/mol. The summed E-state index contributed by atoms with van der Waals surface area (Å²) in [7, 11) is 1.76. The zero-order valence-electron chi connectivity index (χ0n) is 12.0. The lowest BCUT2D eigenvalue weighted by atomic mass is 10.1. The van der Waals surface area contributed by atoms with Crippen molar-refractivity contribution in [2.24, 2.45) is 0 Å². The topological polar surface area (TPSA) is 51.4 Å². The zero-order valence-corrected chi connectivity index (χ0v) is 12.7. The van der Waals surface area contributed by atoms with Gasteiger partial charge in [0.2, 0.25) is 11.7 Å². The second-order valence-corrected chi connectivity index (χ2v) is 5.69. The van der Waals surface area contributed by atoms with Gasteiger partial charge in [-0.3, -0.25) is 4.90 Å². The maximum atomic E-state index is 5.88. The van der Waals surface area contributed by atoms with Gasteiger partial charge in [0, 0.05) is 24.2 Å². The molecule has 0 saturated carbocycles. The highest BCUT2D eigenvalue weighted by Gasteiger charge is 2.21. The molecule has 1 fully saturated rings. The second-order valence-electron chi connectivity index (χ2n) is 5.25. The Morgan fingerprint density at radius 3 is 2.95 bits per heavy atom. The molecule has 0 radical (unpaired) electrons. The lowest BCUT2D eigenvalue weighted by Gasteiger charge is -2.30. The molecule has 1 atom stereocenters. The van der Waals surface area contributed by atoms with Crippen LogP contribution in [0, 0.1) is 0 Å². The summed E-state index contributed by atoms with van der Waals surface area (Å²) < 4.78 is 10.8. The normalized spacial score (nSPS) is 19.8.